The number of carbonyl (C=O) groups excluding carboxylic acids is 1. The summed E-state index contributed by atoms with van der Waals surface area (Å²) in [5.41, 5.74) is 1.22. The number of halogens is 1. The van der Waals surface area contributed by atoms with E-state index >= 15 is 0 Å². The predicted octanol–water partition coefficient (Wildman–Crippen LogP) is 4.74. The molecule has 0 spiro atoms. The zero-order valence-corrected chi connectivity index (χ0v) is 17.5. The van der Waals surface area contributed by atoms with Crippen molar-refractivity contribution < 1.29 is 18.7 Å². The lowest BCUT2D eigenvalue weighted by molar-refractivity contribution is 0.174. The summed E-state index contributed by atoms with van der Waals surface area (Å²) < 4.78 is 16.2. The Labute approximate surface area is 187 Å². The van der Waals surface area contributed by atoms with E-state index in [9.17, 15) is 9.59 Å². The minimum atomic E-state index is -0.417. The maximum absolute atomic E-state index is 13.1. The average Bonchev–Trinajstić information content (AvgIpc) is 3.45. The number of aromatic amines is 1. The first-order valence-electron chi connectivity index (χ1n) is 9.85. The van der Waals surface area contributed by atoms with Crippen LogP contribution in [-0.4, -0.2) is 22.7 Å². The fourth-order valence-electron chi connectivity index (χ4n) is 3.51. The molecule has 0 fully saturated rings. The van der Waals surface area contributed by atoms with Crippen LogP contribution in [0.25, 0.3) is 10.9 Å². The summed E-state index contributed by atoms with van der Waals surface area (Å²) in [6.45, 7) is 0.362. The van der Waals surface area contributed by atoms with Gasteiger partial charge in [0.15, 0.2) is 11.5 Å². The first-order chi connectivity index (χ1) is 15.6. The molecule has 1 aliphatic heterocycles. The summed E-state index contributed by atoms with van der Waals surface area (Å²) in [5, 5.41) is 3.98. The van der Waals surface area contributed by atoms with E-state index in [1.54, 1.807) is 54.6 Å². The van der Waals surface area contributed by atoms with Gasteiger partial charge >= 0.3 is 6.03 Å². The molecule has 2 N–H and O–H groups in total. The van der Waals surface area contributed by atoms with Crippen LogP contribution >= 0.6 is 11.6 Å². The lowest BCUT2D eigenvalue weighted by Gasteiger charge is -2.22. The Balaban J connectivity index is 1.46. The number of fused-ring (bicyclic) bond motifs is 2. The Morgan fingerprint density at radius 2 is 1.88 bits per heavy atom. The third kappa shape index (κ3) is 4.00. The Morgan fingerprint density at radius 1 is 1.06 bits per heavy atom. The molecule has 0 unspecified atom stereocenters. The number of nitrogens with one attached hydrogen (secondary N) is 2. The molecule has 0 radical (unpaired) electrons. The molecule has 2 aromatic carbocycles. The van der Waals surface area contributed by atoms with Crippen LogP contribution < -0.4 is 20.3 Å². The van der Waals surface area contributed by atoms with Gasteiger partial charge in [-0.05, 0) is 36.4 Å². The number of pyridine rings is 1. The van der Waals surface area contributed by atoms with Crippen molar-refractivity contribution in [1.82, 2.24) is 9.88 Å². The highest BCUT2D eigenvalue weighted by Gasteiger charge is 2.20. The van der Waals surface area contributed by atoms with E-state index in [4.69, 9.17) is 25.5 Å². The van der Waals surface area contributed by atoms with Gasteiger partial charge in [0.1, 0.15) is 5.76 Å². The summed E-state index contributed by atoms with van der Waals surface area (Å²) in [4.78, 5) is 30.2. The van der Waals surface area contributed by atoms with Gasteiger partial charge in [0.2, 0.25) is 6.79 Å². The van der Waals surface area contributed by atoms with Gasteiger partial charge in [-0.2, -0.15) is 0 Å². The van der Waals surface area contributed by atoms with Crippen molar-refractivity contribution >= 4 is 34.2 Å². The third-order valence-corrected chi connectivity index (χ3v) is 5.43. The highest BCUT2D eigenvalue weighted by atomic mass is 35.5. The van der Waals surface area contributed by atoms with Crippen LogP contribution in [0.15, 0.2) is 70.1 Å². The number of ether oxygens (including phenoxy) is 2. The van der Waals surface area contributed by atoms with Gasteiger partial charge < -0.3 is 29.1 Å². The van der Waals surface area contributed by atoms with Crippen LogP contribution in [0.1, 0.15) is 11.3 Å². The molecule has 0 aliphatic carbocycles. The lowest BCUT2D eigenvalue weighted by Crippen LogP contribution is -2.35. The maximum Gasteiger partial charge on any atom is 0.322 e. The van der Waals surface area contributed by atoms with Gasteiger partial charge in [-0.15, -0.1) is 0 Å². The number of amides is 2. The highest BCUT2D eigenvalue weighted by Crippen LogP contribution is 2.35. The molecule has 1 aliphatic rings. The molecule has 0 bridgehead atoms. The van der Waals surface area contributed by atoms with Gasteiger partial charge in [0, 0.05) is 17.0 Å². The predicted molar refractivity (Wildman–Crippen MR) is 119 cm³/mol. The lowest BCUT2D eigenvalue weighted by atomic mass is 10.1. The number of hydrogen-bond donors (Lipinski definition) is 2. The number of aromatic nitrogens is 1. The second-order valence-electron chi connectivity index (χ2n) is 7.26. The number of anilines is 1. The second kappa shape index (κ2) is 8.32. The standard InChI is InChI=1S/C23H18ClN3O5/c24-17-5-1-2-6-18(17)26-23(29)27(12-16-4-3-7-30-16)11-15-8-14-9-20-21(32-13-31-20)10-19(14)25-22(15)28/h1-10H,11-13H2,(H,25,28)(H,26,29). The average molecular weight is 452 g/mol. The Kier molecular flexibility index (Phi) is 5.20. The summed E-state index contributed by atoms with van der Waals surface area (Å²) in [6.07, 6.45) is 1.53. The minimum Gasteiger partial charge on any atom is -0.467 e. The molecule has 32 heavy (non-hydrogen) atoms. The Bertz CT molecular complexity index is 1350. The smallest absolute Gasteiger partial charge is 0.322 e. The highest BCUT2D eigenvalue weighted by molar-refractivity contribution is 6.33. The molecule has 3 heterocycles. The molecule has 0 saturated carbocycles. The van der Waals surface area contributed by atoms with Crippen LogP contribution in [0, 0.1) is 0 Å². The van der Waals surface area contributed by atoms with E-state index in [2.05, 4.69) is 10.3 Å². The van der Waals surface area contributed by atoms with Gasteiger partial charge in [0.05, 0.1) is 35.6 Å². The molecular formula is C23H18ClN3O5. The molecule has 2 amide bonds. The molecular weight excluding hydrogens is 434 g/mol. The van der Waals surface area contributed by atoms with E-state index < -0.39 is 6.03 Å². The number of hydrogen-bond acceptors (Lipinski definition) is 5. The van der Waals surface area contributed by atoms with Gasteiger partial charge in [0.25, 0.3) is 5.56 Å². The van der Waals surface area contributed by atoms with Gasteiger partial charge in [-0.1, -0.05) is 23.7 Å². The molecule has 8 nitrogen and oxygen atoms in total. The van der Waals surface area contributed by atoms with Crippen molar-refractivity contribution in [2.75, 3.05) is 12.1 Å². The van der Waals surface area contributed by atoms with Crippen LogP contribution in [-0.2, 0) is 13.1 Å². The summed E-state index contributed by atoms with van der Waals surface area (Å²) >= 11 is 6.18. The SMILES string of the molecule is O=C(Nc1ccccc1Cl)N(Cc1ccco1)Cc1cc2cc3c(cc2[nH]c1=O)OCO3. The Hall–Kier alpha value is -3.91. The van der Waals surface area contributed by atoms with Crippen molar-refractivity contribution in [2.45, 2.75) is 13.1 Å². The molecule has 4 aromatic rings. The Morgan fingerprint density at radius 3 is 2.66 bits per heavy atom. The molecule has 9 heteroatoms. The monoisotopic (exact) mass is 451 g/mol. The molecule has 0 saturated heterocycles. The number of urea groups is 1. The van der Waals surface area contributed by atoms with Crippen molar-refractivity contribution in [2.24, 2.45) is 0 Å². The van der Waals surface area contributed by atoms with Crippen molar-refractivity contribution in [3.63, 3.8) is 0 Å². The minimum absolute atomic E-state index is 0.0523. The van der Waals surface area contributed by atoms with Crippen LogP contribution in [0.2, 0.25) is 5.02 Å². The maximum atomic E-state index is 13.1. The van der Waals surface area contributed by atoms with Crippen molar-refractivity contribution in [3.05, 3.63) is 87.6 Å². The number of nitrogens with zero attached hydrogens (tertiary/aromatic N) is 1. The summed E-state index contributed by atoms with van der Waals surface area (Å²) in [6, 6.07) is 15.3. The molecule has 0 atom stereocenters. The van der Waals surface area contributed by atoms with E-state index in [1.165, 1.54) is 11.2 Å². The molecule has 2 aromatic heterocycles. The van der Waals surface area contributed by atoms with E-state index in [0.29, 0.717) is 39.0 Å². The molecule has 162 valence electrons. The molecule has 5 rings (SSSR count). The normalized spacial score (nSPS) is 12.2. The largest absolute Gasteiger partial charge is 0.467 e. The van der Waals surface area contributed by atoms with Gasteiger partial charge in [-0.25, -0.2) is 4.79 Å². The van der Waals surface area contributed by atoms with Crippen LogP contribution in [0.5, 0.6) is 11.5 Å². The fraction of sp³-hybridized carbons (Fsp3) is 0.130. The number of carbonyl (C=O) groups is 1. The van der Waals surface area contributed by atoms with E-state index in [0.717, 1.165) is 5.39 Å². The fourth-order valence-corrected chi connectivity index (χ4v) is 3.69. The quantitative estimate of drug-likeness (QED) is 0.457. The zero-order valence-electron chi connectivity index (χ0n) is 16.8. The van der Waals surface area contributed by atoms with E-state index in [-0.39, 0.29) is 25.4 Å². The summed E-state index contributed by atoms with van der Waals surface area (Å²) in [7, 11) is 0. The number of rotatable bonds is 5. The number of benzene rings is 2. The second-order valence-corrected chi connectivity index (χ2v) is 7.67. The number of para-hydroxylation sites is 1. The summed E-state index contributed by atoms with van der Waals surface area (Å²) in [5.74, 6) is 1.78. The van der Waals surface area contributed by atoms with E-state index in [1.807, 2.05) is 0 Å². The first-order valence-corrected chi connectivity index (χ1v) is 10.2. The first kappa shape index (κ1) is 20.0. The van der Waals surface area contributed by atoms with Crippen LogP contribution in [0.3, 0.4) is 0 Å². The topological polar surface area (TPSA) is 96.8 Å². The van der Waals surface area contributed by atoms with Crippen molar-refractivity contribution in [1.29, 1.82) is 0 Å². The number of furan rings is 1. The zero-order chi connectivity index (χ0) is 22.1. The third-order valence-electron chi connectivity index (χ3n) is 5.10. The van der Waals surface area contributed by atoms with Crippen molar-refractivity contribution in [3.8, 4) is 11.5 Å². The number of H-pyrrole nitrogens is 1. The van der Waals surface area contributed by atoms with Crippen LogP contribution in [0.4, 0.5) is 10.5 Å². The van der Waals surface area contributed by atoms with Gasteiger partial charge in [-0.3, -0.25) is 4.79 Å².